The molecular formula is C30H27N3O5. The summed E-state index contributed by atoms with van der Waals surface area (Å²) in [6.07, 6.45) is 0. The van der Waals surface area contributed by atoms with Gasteiger partial charge in [-0.25, -0.2) is 9.79 Å². The largest absolute Gasteiger partial charge is 0.465 e. The molecule has 0 aliphatic carbocycles. The third-order valence-corrected chi connectivity index (χ3v) is 6.64. The number of esters is 1. The van der Waals surface area contributed by atoms with Crippen molar-refractivity contribution < 1.29 is 14.3 Å². The van der Waals surface area contributed by atoms with Crippen LogP contribution in [0.5, 0.6) is 11.5 Å². The predicted molar refractivity (Wildman–Crippen MR) is 144 cm³/mol. The minimum Gasteiger partial charge on any atom is -0.465 e. The first-order valence-electron chi connectivity index (χ1n) is 12.3. The van der Waals surface area contributed by atoms with E-state index in [1.807, 2.05) is 84.9 Å². The number of carbonyl (C=O) groups excluding carboxylic acids is 1. The van der Waals surface area contributed by atoms with E-state index in [9.17, 15) is 14.4 Å². The van der Waals surface area contributed by atoms with Gasteiger partial charge in [-0.05, 0) is 42.3 Å². The first-order chi connectivity index (χ1) is 18.4. The minimum absolute atomic E-state index is 0.166. The molecule has 0 amide bonds. The highest BCUT2D eigenvalue weighted by Gasteiger charge is 2.43. The Kier molecular flexibility index (Phi) is 6.79. The van der Waals surface area contributed by atoms with Gasteiger partial charge >= 0.3 is 11.7 Å². The molecule has 2 unspecified atom stereocenters. The monoisotopic (exact) mass is 509 g/mol. The Morgan fingerprint density at radius 1 is 0.868 bits per heavy atom. The van der Waals surface area contributed by atoms with E-state index in [1.54, 1.807) is 14.0 Å². The fourth-order valence-corrected chi connectivity index (χ4v) is 4.86. The number of ether oxygens (including phenoxy) is 2. The maximum absolute atomic E-state index is 13.6. The highest BCUT2D eigenvalue weighted by Crippen LogP contribution is 2.43. The molecular weight excluding hydrogens is 482 g/mol. The predicted octanol–water partition coefficient (Wildman–Crippen LogP) is 4.32. The van der Waals surface area contributed by atoms with E-state index in [2.05, 4.69) is 0 Å². The van der Waals surface area contributed by atoms with Crippen LogP contribution in [0.1, 0.15) is 29.5 Å². The molecule has 8 heteroatoms. The van der Waals surface area contributed by atoms with Gasteiger partial charge in [-0.1, -0.05) is 60.7 Å². The summed E-state index contributed by atoms with van der Waals surface area (Å²) >= 11 is 0. The molecule has 38 heavy (non-hydrogen) atoms. The third kappa shape index (κ3) is 4.45. The number of aromatic nitrogens is 2. The molecule has 0 fully saturated rings. The first kappa shape index (κ1) is 25.0. The standard InChI is InChI=1S/C30H27N3O5/c1-4-37-29(35)24-23(20-14-11-17-22(18-20)38-21-15-9-6-10-16-21)25-27(32(2)30(36)33(3)28(25)34)31-26(24)19-12-7-5-8-13-19/h5-18,23-24H,4H2,1-3H3. The van der Waals surface area contributed by atoms with Crippen LogP contribution in [0.3, 0.4) is 0 Å². The average Bonchev–Trinajstić information content (AvgIpc) is 2.95. The van der Waals surface area contributed by atoms with E-state index in [0.29, 0.717) is 28.3 Å². The van der Waals surface area contributed by atoms with Crippen LogP contribution in [0.2, 0.25) is 0 Å². The number of aliphatic imine (C=N–C) groups is 1. The Balaban J connectivity index is 1.78. The normalized spacial score (nSPS) is 16.3. The van der Waals surface area contributed by atoms with Crippen LogP contribution in [0.4, 0.5) is 5.82 Å². The highest BCUT2D eigenvalue weighted by molar-refractivity contribution is 6.14. The van der Waals surface area contributed by atoms with E-state index < -0.39 is 29.1 Å². The van der Waals surface area contributed by atoms with Gasteiger partial charge in [-0.3, -0.25) is 18.7 Å². The summed E-state index contributed by atoms with van der Waals surface area (Å²) in [5.74, 6) is -0.791. The number of benzene rings is 3. The zero-order valence-electron chi connectivity index (χ0n) is 21.3. The molecule has 0 saturated heterocycles. The summed E-state index contributed by atoms with van der Waals surface area (Å²) in [4.78, 5) is 44.8. The van der Waals surface area contributed by atoms with Gasteiger partial charge in [0.1, 0.15) is 23.2 Å². The van der Waals surface area contributed by atoms with Gasteiger partial charge < -0.3 is 9.47 Å². The Bertz CT molecular complexity index is 1640. The van der Waals surface area contributed by atoms with Crippen LogP contribution in [0, 0.1) is 5.92 Å². The van der Waals surface area contributed by atoms with Crippen molar-refractivity contribution in [2.24, 2.45) is 25.0 Å². The summed E-state index contributed by atoms with van der Waals surface area (Å²) < 4.78 is 14.0. The van der Waals surface area contributed by atoms with Gasteiger partial charge in [0.05, 0.1) is 17.9 Å². The molecule has 0 bridgehead atoms. The maximum Gasteiger partial charge on any atom is 0.332 e. The molecule has 0 radical (unpaired) electrons. The van der Waals surface area contributed by atoms with E-state index in [1.165, 1.54) is 11.6 Å². The van der Waals surface area contributed by atoms with Crippen molar-refractivity contribution in [1.82, 2.24) is 9.13 Å². The number of para-hydroxylation sites is 1. The Morgan fingerprint density at radius 2 is 1.53 bits per heavy atom. The van der Waals surface area contributed by atoms with Gasteiger partial charge in [0.2, 0.25) is 0 Å². The van der Waals surface area contributed by atoms with Gasteiger partial charge in [0.15, 0.2) is 0 Å². The summed E-state index contributed by atoms with van der Waals surface area (Å²) in [6.45, 7) is 1.90. The lowest BCUT2D eigenvalue weighted by Crippen LogP contribution is -2.45. The summed E-state index contributed by atoms with van der Waals surface area (Å²) in [7, 11) is 3.00. The van der Waals surface area contributed by atoms with Gasteiger partial charge in [0.25, 0.3) is 5.56 Å². The Labute approximate surface area is 219 Å². The fraction of sp³-hybridized carbons (Fsp3) is 0.200. The third-order valence-electron chi connectivity index (χ3n) is 6.64. The summed E-state index contributed by atoms with van der Waals surface area (Å²) in [6, 6.07) is 25.9. The van der Waals surface area contributed by atoms with Crippen LogP contribution in [0.15, 0.2) is 99.5 Å². The second kappa shape index (κ2) is 10.3. The zero-order chi connectivity index (χ0) is 26.8. The molecule has 3 aromatic carbocycles. The minimum atomic E-state index is -0.929. The average molecular weight is 510 g/mol. The topological polar surface area (TPSA) is 91.9 Å². The van der Waals surface area contributed by atoms with Crippen molar-refractivity contribution in [2.45, 2.75) is 12.8 Å². The number of hydrogen-bond donors (Lipinski definition) is 0. The van der Waals surface area contributed by atoms with Crippen LogP contribution >= 0.6 is 0 Å². The van der Waals surface area contributed by atoms with Crippen molar-refractivity contribution in [1.29, 1.82) is 0 Å². The van der Waals surface area contributed by atoms with Crippen molar-refractivity contribution >= 4 is 17.5 Å². The maximum atomic E-state index is 13.6. The van der Waals surface area contributed by atoms with Crippen LogP contribution in [-0.2, 0) is 23.6 Å². The molecule has 0 saturated carbocycles. The lowest BCUT2D eigenvalue weighted by atomic mass is 9.75. The number of fused-ring (bicyclic) bond motifs is 1. The van der Waals surface area contributed by atoms with Gasteiger partial charge in [0, 0.05) is 20.0 Å². The SMILES string of the molecule is CCOC(=O)C1C(c2ccccc2)=Nc2c(c(=O)n(C)c(=O)n2C)C1c1cccc(Oc2ccccc2)c1. The Hall–Kier alpha value is -4.72. The first-order valence-corrected chi connectivity index (χ1v) is 12.3. The lowest BCUT2D eigenvalue weighted by Gasteiger charge is -2.32. The quantitative estimate of drug-likeness (QED) is 0.361. The number of rotatable bonds is 6. The number of nitrogens with zero attached hydrogens (tertiary/aromatic N) is 3. The van der Waals surface area contributed by atoms with Gasteiger partial charge in [-0.2, -0.15) is 0 Å². The molecule has 1 aromatic heterocycles. The number of carbonyl (C=O) groups is 1. The second-order valence-electron chi connectivity index (χ2n) is 9.00. The summed E-state index contributed by atoms with van der Waals surface area (Å²) in [5.41, 5.74) is 1.04. The number of hydrogen-bond acceptors (Lipinski definition) is 6. The molecule has 1 aliphatic heterocycles. The van der Waals surface area contributed by atoms with Crippen LogP contribution in [0.25, 0.3) is 0 Å². The van der Waals surface area contributed by atoms with E-state index in [0.717, 1.165) is 4.57 Å². The van der Waals surface area contributed by atoms with Crippen molar-refractivity contribution in [2.75, 3.05) is 6.61 Å². The molecule has 5 rings (SSSR count). The molecule has 4 aromatic rings. The highest BCUT2D eigenvalue weighted by atomic mass is 16.5. The Morgan fingerprint density at radius 3 is 2.21 bits per heavy atom. The molecule has 0 spiro atoms. The van der Waals surface area contributed by atoms with Crippen molar-refractivity contribution in [3.8, 4) is 11.5 Å². The second-order valence-corrected chi connectivity index (χ2v) is 9.00. The summed E-state index contributed by atoms with van der Waals surface area (Å²) in [5, 5.41) is 0. The molecule has 2 heterocycles. The molecule has 2 atom stereocenters. The van der Waals surface area contributed by atoms with Crippen molar-refractivity contribution in [3.63, 3.8) is 0 Å². The molecule has 0 N–H and O–H groups in total. The molecule has 1 aliphatic rings. The van der Waals surface area contributed by atoms with Crippen LogP contribution < -0.4 is 16.0 Å². The smallest absolute Gasteiger partial charge is 0.332 e. The lowest BCUT2D eigenvalue weighted by molar-refractivity contribution is -0.146. The fourth-order valence-electron chi connectivity index (χ4n) is 4.86. The van der Waals surface area contributed by atoms with E-state index in [-0.39, 0.29) is 18.0 Å². The van der Waals surface area contributed by atoms with E-state index in [4.69, 9.17) is 14.5 Å². The molecule has 8 nitrogen and oxygen atoms in total. The zero-order valence-corrected chi connectivity index (χ0v) is 21.3. The van der Waals surface area contributed by atoms with E-state index >= 15 is 0 Å². The van der Waals surface area contributed by atoms with Crippen LogP contribution in [-0.4, -0.2) is 27.4 Å². The van der Waals surface area contributed by atoms with Gasteiger partial charge in [-0.15, -0.1) is 0 Å². The van der Waals surface area contributed by atoms with Crippen molar-refractivity contribution in [3.05, 3.63) is 122 Å². The molecule has 192 valence electrons.